The van der Waals surface area contributed by atoms with Crippen LogP contribution < -0.4 is 15.5 Å². The third-order valence-corrected chi connectivity index (χ3v) is 7.45. The lowest BCUT2D eigenvalue weighted by Crippen LogP contribution is -2.43. The number of amides is 2. The van der Waals surface area contributed by atoms with Crippen molar-refractivity contribution in [1.29, 1.82) is 0 Å². The molecule has 0 radical (unpaired) electrons. The zero-order valence-electron chi connectivity index (χ0n) is 19.0. The summed E-state index contributed by atoms with van der Waals surface area (Å²) in [6, 6.07) is 6.61. The predicted octanol–water partition coefficient (Wildman–Crippen LogP) is 1.93. The second-order valence-electron chi connectivity index (χ2n) is 9.44. The molecule has 4 aliphatic rings. The monoisotopic (exact) mass is 435 g/mol. The number of fused-ring (bicyclic) bond motifs is 6. The first-order chi connectivity index (χ1) is 15.6. The zero-order valence-corrected chi connectivity index (χ0v) is 19.0. The second kappa shape index (κ2) is 8.60. The second-order valence-corrected chi connectivity index (χ2v) is 9.44. The lowest BCUT2D eigenvalue weighted by Gasteiger charge is -2.27. The number of nitrogens with zero attached hydrogens (tertiary/aromatic N) is 3. The first-order valence-electron chi connectivity index (χ1n) is 12.0. The number of carbonyl (C=O) groups excluding carboxylic acids is 2. The SMILES string of the molecule is CCNC(=NCc1ccc2c(c1)CCCN2C)NCCN1C(=O)C2C3C=CC(C3)C2C1=O. The minimum absolute atomic E-state index is 0.0135. The standard InChI is InChI=1S/C25H33N5O2/c1-3-26-25(28-15-16-6-9-20-17(13-16)5-4-11-29(20)2)27-10-12-30-23(31)21-18-7-8-19(14-18)22(21)24(30)32/h6-9,13,18-19,21-22H,3-5,10-12,14-15H2,1-2H3,(H2,26,27,28). The number of imide groups is 1. The van der Waals surface area contributed by atoms with E-state index < -0.39 is 0 Å². The van der Waals surface area contributed by atoms with Gasteiger partial charge in [0.2, 0.25) is 11.8 Å². The quantitative estimate of drug-likeness (QED) is 0.309. The molecule has 5 rings (SSSR count). The van der Waals surface area contributed by atoms with Gasteiger partial charge in [-0.2, -0.15) is 0 Å². The van der Waals surface area contributed by atoms with Crippen molar-refractivity contribution >= 4 is 23.5 Å². The van der Waals surface area contributed by atoms with Crippen LogP contribution >= 0.6 is 0 Å². The van der Waals surface area contributed by atoms with Crippen LogP contribution in [0.15, 0.2) is 35.3 Å². The van der Waals surface area contributed by atoms with Crippen molar-refractivity contribution in [2.45, 2.75) is 32.7 Å². The van der Waals surface area contributed by atoms with Crippen molar-refractivity contribution in [3.63, 3.8) is 0 Å². The highest BCUT2D eigenvalue weighted by molar-refractivity contribution is 6.06. The van der Waals surface area contributed by atoms with Crippen molar-refractivity contribution in [1.82, 2.24) is 15.5 Å². The van der Waals surface area contributed by atoms with E-state index in [1.807, 2.05) is 6.92 Å². The number of allylic oxidation sites excluding steroid dienone is 2. The summed E-state index contributed by atoms with van der Waals surface area (Å²) in [5.41, 5.74) is 3.91. The van der Waals surface area contributed by atoms with E-state index in [1.165, 1.54) is 28.1 Å². The van der Waals surface area contributed by atoms with Gasteiger partial charge in [0.25, 0.3) is 0 Å². The molecule has 2 bridgehead atoms. The first-order valence-corrected chi connectivity index (χ1v) is 12.0. The molecule has 7 heteroatoms. The summed E-state index contributed by atoms with van der Waals surface area (Å²) in [5.74, 6) is 1.01. The number of anilines is 1. The highest BCUT2D eigenvalue weighted by Crippen LogP contribution is 2.52. The number of hydrogen-bond donors (Lipinski definition) is 2. The fourth-order valence-electron chi connectivity index (χ4n) is 5.92. The Bertz CT molecular complexity index is 941. The van der Waals surface area contributed by atoms with Gasteiger partial charge < -0.3 is 15.5 Å². The number of aliphatic imine (C=N–C) groups is 1. The zero-order chi connectivity index (χ0) is 22.2. The maximum atomic E-state index is 12.8. The van der Waals surface area contributed by atoms with E-state index in [4.69, 9.17) is 4.99 Å². The summed E-state index contributed by atoms with van der Waals surface area (Å²) < 4.78 is 0. The highest BCUT2D eigenvalue weighted by atomic mass is 16.2. The molecule has 7 nitrogen and oxygen atoms in total. The van der Waals surface area contributed by atoms with Gasteiger partial charge >= 0.3 is 0 Å². The normalized spacial score (nSPS) is 28.4. The Hall–Kier alpha value is -2.83. The Morgan fingerprint density at radius 2 is 1.88 bits per heavy atom. The van der Waals surface area contributed by atoms with Crippen molar-refractivity contribution < 1.29 is 9.59 Å². The summed E-state index contributed by atoms with van der Waals surface area (Å²) in [4.78, 5) is 34.2. The van der Waals surface area contributed by atoms with Gasteiger partial charge in [-0.3, -0.25) is 14.5 Å². The summed E-state index contributed by atoms with van der Waals surface area (Å²) >= 11 is 0. The van der Waals surface area contributed by atoms with E-state index in [9.17, 15) is 9.59 Å². The molecule has 4 atom stereocenters. The van der Waals surface area contributed by atoms with Crippen LogP contribution in [0, 0.1) is 23.7 Å². The summed E-state index contributed by atoms with van der Waals surface area (Å²) in [5, 5.41) is 6.57. The van der Waals surface area contributed by atoms with Crippen LogP contribution in [0.1, 0.15) is 30.9 Å². The van der Waals surface area contributed by atoms with E-state index in [1.54, 1.807) is 0 Å². The topological polar surface area (TPSA) is 77.0 Å². The molecule has 170 valence electrons. The number of aryl methyl sites for hydroxylation is 1. The van der Waals surface area contributed by atoms with Gasteiger partial charge in [0, 0.05) is 38.9 Å². The van der Waals surface area contributed by atoms with E-state index >= 15 is 0 Å². The van der Waals surface area contributed by atoms with Crippen LogP contribution in [0.3, 0.4) is 0 Å². The number of hydrogen-bond acceptors (Lipinski definition) is 4. The average molecular weight is 436 g/mol. The van der Waals surface area contributed by atoms with E-state index in [2.05, 4.69) is 52.9 Å². The maximum absolute atomic E-state index is 12.8. The van der Waals surface area contributed by atoms with E-state index in [-0.39, 0.29) is 35.5 Å². The molecule has 2 aliphatic heterocycles. The summed E-state index contributed by atoms with van der Waals surface area (Å²) in [6.07, 6.45) is 7.54. The van der Waals surface area contributed by atoms with E-state index in [0.29, 0.717) is 25.6 Å². The third kappa shape index (κ3) is 3.67. The number of nitrogens with one attached hydrogen (secondary N) is 2. The van der Waals surface area contributed by atoms with Gasteiger partial charge in [0.05, 0.1) is 18.4 Å². The van der Waals surface area contributed by atoms with Gasteiger partial charge in [-0.1, -0.05) is 24.3 Å². The van der Waals surface area contributed by atoms with Gasteiger partial charge in [0.1, 0.15) is 0 Å². The summed E-state index contributed by atoms with van der Waals surface area (Å²) in [7, 11) is 2.15. The number of carbonyl (C=O) groups is 2. The smallest absolute Gasteiger partial charge is 0.233 e. The fourth-order valence-corrected chi connectivity index (χ4v) is 5.92. The number of rotatable bonds is 6. The lowest BCUT2D eigenvalue weighted by atomic mass is 9.85. The lowest BCUT2D eigenvalue weighted by molar-refractivity contribution is -0.140. The van der Waals surface area contributed by atoms with Crippen molar-refractivity contribution in [3.8, 4) is 0 Å². The molecule has 1 aromatic rings. The maximum Gasteiger partial charge on any atom is 0.233 e. The minimum Gasteiger partial charge on any atom is -0.374 e. The molecule has 4 unspecified atom stereocenters. The Labute approximate surface area is 189 Å². The Kier molecular flexibility index (Phi) is 5.66. The number of guanidine groups is 1. The van der Waals surface area contributed by atoms with Gasteiger partial charge in [-0.05, 0) is 55.2 Å². The molecule has 0 aromatic heterocycles. The molecular weight excluding hydrogens is 402 g/mol. The molecule has 1 saturated carbocycles. The summed E-state index contributed by atoms with van der Waals surface area (Å²) in [6.45, 7) is 5.37. The van der Waals surface area contributed by atoms with Gasteiger partial charge in [0.15, 0.2) is 5.96 Å². The molecule has 1 aromatic carbocycles. The Morgan fingerprint density at radius 3 is 2.59 bits per heavy atom. The molecule has 0 spiro atoms. The average Bonchev–Trinajstić information content (AvgIpc) is 3.47. The van der Waals surface area contributed by atoms with Crippen LogP contribution in [0.5, 0.6) is 0 Å². The molecule has 2 heterocycles. The van der Waals surface area contributed by atoms with Crippen molar-refractivity contribution in [3.05, 3.63) is 41.5 Å². The third-order valence-electron chi connectivity index (χ3n) is 7.45. The number of likely N-dealkylation sites (tertiary alicyclic amines) is 1. The molecule has 2 aliphatic carbocycles. The van der Waals surface area contributed by atoms with Crippen molar-refractivity contribution in [2.75, 3.05) is 38.1 Å². The fraction of sp³-hybridized carbons (Fsp3) is 0.560. The van der Waals surface area contributed by atoms with Crippen LogP contribution in [0.25, 0.3) is 0 Å². The molecule has 2 N–H and O–H groups in total. The molecular formula is C25H33N5O2. The molecule has 1 saturated heterocycles. The van der Waals surface area contributed by atoms with Crippen LogP contribution in [-0.2, 0) is 22.6 Å². The molecule has 32 heavy (non-hydrogen) atoms. The molecule has 2 amide bonds. The highest BCUT2D eigenvalue weighted by Gasteiger charge is 2.58. The largest absolute Gasteiger partial charge is 0.374 e. The van der Waals surface area contributed by atoms with E-state index in [0.717, 1.165) is 25.9 Å². The Balaban J connectivity index is 1.18. The van der Waals surface area contributed by atoms with Crippen LogP contribution in [-0.4, -0.2) is 55.9 Å². The Morgan fingerprint density at radius 1 is 1.12 bits per heavy atom. The minimum atomic E-state index is -0.123. The van der Waals surface area contributed by atoms with Crippen LogP contribution in [0.2, 0.25) is 0 Å². The van der Waals surface area contributed by atoms with Crippen molar-refractivity contribution in [2.24, 2.45) is 28.7 Å². The van der Waals surface area contributed by atoms with Crippen LogP contribution in [0.4, 0.5) is 5.69 Å². The number of benzene rings is 1. The first kappa shape index (κ1) is 21.0. The van der Waals surface area contributed by atoms with Gasteiger partial charge in [-0.25, -0.2) is 4.99 Å². The predicted molar refractivity (Wildman–Crippen MR) is 125 cm³/mol. The van der Waals surface area contributed by atoms with Gasteiger partial charge in [-0.15, -0.1) is 0 Å². The molecule has 2 fully saturated rings.